The summed E-state index contributed by atoms with van der Waals surface area (Å²) in [6, 6.07) is 3.60. The third-order valence-electron chi connectivity index (χ3n) is 3.80. The molecule has 0 amide bonds. The van der Waals surface area contributed by atoms with E-state index < -0.39 is 15.8 Å². The van der Waals surface area contributed by atoms with E-state index in [1.54, 1.807) is 0 Å². The number of nitrogen functional groups attached to an aromatic ring is 1. The monoisotopic (exact) mass is 301 g/mol. The molecule has 1 aliphatic rings. The lowest BCUT2D eigenvalue weighted by molar-refractivity contribution is 0.271. The zero-order chi connectivity index (χ0) is 14.9. The third kappa shape index (κ3) is 2.94. The normalized spacial score (nSPS) is 20.7. The van der Waals surface area contributed by atoms with E-state index in [0.717, 1.165) is 31.5 Å². The Morgan fingerprint density at radius 2 is 2.20 bits per heavy atom. The first-order valence-corrected chi connectivity index (χ1v) is 7.98. The minimum atomic E-state index is -3.76. The van der Waals surface area contributed by atoms with Gasteiger partial charge >= 0.3 is 0 Å². The van der Waals surface area contributed by atoms with Crippen LogP contribution in [0.1, 0.15) is 12.8 Å². The molecule has 1 heterocycles. The van der Waals surface area contributed by atoms with Crippen molar-refractivity contribution in [3.8, 4) is 0 Å². The molecule has 0 aliphatic carbocycles. The molecule has 0 bridgehead atoms. The Hall–Kier alpha value is -1.18. The van der Waals surface area contributed by atoms with Crippen molar-refractivity contribution in [2.24, 2.45) is 0 Å². The molecule has 2 N–H and O–H groups in total. The van der Waals surface area contributed by atoms with Crippen LogP contribution in [-0.4, -0.2) is 50.8 Å². The van der Waals surface area contributed by atoms with E-state index in [2.05, 4.69) is 4.90 Å². The Labute approximate surface area is 119 Å². The number of rotatable bonds is 4. The molecule has 1 fully saturated rings. The van der Waals surface area contributed by atoms with E-state index in [-0.39, 0.29) is 16.6 Å². The molecule has 0 radical (unpaired) electrons. The van der Waals surface area contributed by atoms with Crippen LogP contribution in [0.3, 0.4) is 0 Å². The highest BCUT2D eigenvalue weighted by Gasteiger charge is 2.29. The Kier molecular flexibility index (Phi) is 4.31. The molecule has 1 unspecified atom stereocenters. The fraction of sp³-hybridized carbons (Fsp3) is 0.538. The molecule has 1 saturated heterocycles. The highest BCUT2D eigenvalue weighted by Crippen LogP contribution is 2.24. The van der Waals surface area contributed by atoms with Gasteiger partial charge in [-0.25, -0.2) is 12.8 Å². The van der Waals surface area contributed by atoms with Crippen LogP contribution in [0.4, 0.5) is 10.1 Å². The lowest BCUT2D eigenvalue weighted by atomic mass is 10.2. The van der Waals surface area contributed by atoms with Crippen LogP contribution in [0, 0.1) is 5.82 Å². The number of benzene rings is 1. The third-order valence-corrected chi connectivity index (χ3v) is 5.68. The van der Waals surface area contributed by atoms with Crippen molar-refractivity contribution in [3.63, 3.8) is 0 Å². The van der Waals surface area contributed by atoms with E-state index in [9.17, 15) is 12.8 Å². The van der Waals surface area contributed by atoms with Crippen LogP contribution in [0.2, 0.25) is 0 Å². The van der Waals surface area contributed by atoms with Crippen LogP contribution < -0.4 is 5.73 Å². The first-order valence-electron chi connectivity index (χ1n) is 6.54. The Morgan fingerprint density at radius 3 is 2.80 bits per heavy atom. The maximum Gasteiger partial charge on any atom is 0.245 e. The smallest absolute Gasteiger partial charge is 0.245 e. The van der Waals surface area contributed by atoms with Crippen molar-refractivity contribution >= 4 is 15.7 Å². The summed E-state index contributed by atoms with van der Waals surface area (Å²) < 4.78 is 39.4. The second-order valence-corrected chi connectivity index (χ2v) is 7.26. The van der Waals surface area contributed by atoms with E-state index >= 15 is 0 Å². The zero-order valence-corrected chi connectivity index (χ0v) is 12.5. The van der Waals surface area contributed by atoms with Gasteiger partial charge in [-0.1, -0.05) is 0 Å². The summed E-state index contributed by atoms with van der Waals surface area (Å²) in [7, 11) is -0.275. The molecule has 1 aliphatic heterocycles. The number of sulfonamides is 1. The first kappa shape index (κ1) is 15.2. The predicted octanol–water partition coefficient (Wildman–Crippen LogP) is 1.12. The Morgan fingerprint density at radius 1 is 1.50 bits per heavy atom. The standard InChI is InChI=1S/C13H20FN3O2S/c1-16-7-3-4-11(16)9-17(2)20(18,19)13-8-10(14)5-6-12(13)15/h5-6,8,11H,3-4,7,9,15H2,1-2H3. The quantitative estimate of drug-likeness (QED) is 0.846. The highest BCUT2D eigenvalue weighted by molar-refractivity contribution is 7.89. The molecular weight excluding hydrogens is 281 g/mol. The summed E-state index contributed by atoms with van der Waals surface area (Å²) in [6.07, 6.45) is 2.03. The summed E-state index contributed by atoms with van der Waals surface area (Å²) in [6.45, 7) is 1.36. The largest absolute Gasteiger partial charge is 0.398 e. The van der Waals surface area contributed by atoms with Crippen LogP contribution in [0.15, 0.2) is 23.1 Å². The number of nitrogens with zero attached hydrogens (tertiary/aromatic N) is 2. The number of nitrogens with two attached hydrogens (primary N) is 1. The second kappa shape index (κ2) is 5.67. The highest BCUT2D eigenvalue weighted by atomic mass is 32.2. The molecule has 0 spiro atoms. The van der Waals surface area contributed by atoms with Crippen LogP contribution >= 0.6 is 0 Å². The maximum atomic E-state index is 13.3. The summed E-state index contributed by atoms with van der Waals surface area (Å²) in [5.74, 6) is -0.607. The lowest BCUT2D eigenvalue weighted by Crippen LogP contribution is -2.39. The van der Waals surface area contributed by atoms with E-state index in [1.807, 2.05) is 7.05 Å². The Bertz CT molecular complexity index is 591. The van der Waals surface area contributed by atoms with Gasteiger partial charge in [0.1, 0.15) is 10.7 Å². The van der Waals surface area contributed by atoms with Gasteiger partial charge in [-0.2, -0.15) is 4.31 Å². The molecule has 20 heavy (non-hydrogen) atoms. The zero-order valence-electron chi connectivity index (χ0n) is 11.7. The summed E-state index contributed by atoms with van der Waals surface area (Å²) in [4.78, 5) is 1.97. The molecular formula is C13H20FN3O2S. The molecule has 2 rings (SSSR count). The molecule has 1 aromatic carbocycles. The topological polar surface area (TPSA) is 66.6 Å². The molecule has 112 valence electrons. The SMILES string of the molecule is CN1CCCC1CN(C)S(=O)(=O)c1cc(F)ccc1N. The van der Waals surface area contributed by atoms with Gasteiger partial charge in [0.2, 0.25) is 10.0 Å². The summed E-state index contributed by atoms with van der Waals surface area (Å²) >= 11 is 0. The van der Waals surface area contributed by atoms with Crippen molar-refractivity contribution in [1.82, 2.24) is 9.21 Å². The van der Waals surface area contributed by atoms with Crippen molar-refractivity contribution in [3.05, 3.63) is 24.0 Å². The average molecular weight is 301 g/mol. The van der Waals surface area contributed by atoms with E-state index in [0.29, 0.717) is 6.54 Å². The molecule has 7 heteroatoms. The molecule has 0 saturated carbocycles. The first-order chi connectivity index (χ1) is 9.32. The predicted molar refractivity (Wildman–Crippen MR) is 76.3 cm³/mol. The second-order valence-electron chi connectivity index (χ2n) is 5.24. The number of halogens is 1. The summed E-state index contributed by atoms with van der Waals surface area (Å²) in [5, 5.41) is 0. The van der Waals surface area contributed by atoms with Gasteiger partial charge in [-0.05, 0) is 44.6 Å². The van der Waals surface area contributed by atoms with Gasteiger partial charge in [0.25, 0.3) is 0 Å². The van der Waals surface area contributed by atoms with Crippen molar-refractivity contribution in [2.75, 3.05) is 32.9 Å². The van der Waals surface area contributed by atoms with E-state index in [4.69, 9.17) is 5.73 Å². The fourth-order valence-corrected chi connectivity index (χ4v) is 3.84. The molecule has 1 atom stereocenters. The van der Waals surface area contributed by atoms with Gasteiger partial charge in [0, 0.05) is 19.6 Å². The number of likely N-dealkylation sites (N-methyl/N-ethyl adjacent to an activating group) is 2. The van der Waals surface area contributed by atoms with Gasteiger partial charge in [0.15, 0.2) is 0 Å². The van der Waals surface area contributed by atoms with Crippen molar-refractivity contribution in [1.29, 1.82) is 0 Å². The lowest BCUT2D eigenvalue weighted by Gasteiger charge is -2.25. The van der Waals surface area contributed by atoms with Gasteiger partial charge in [0.05, 0.1) is 5.69 Å². The molecule has 1 aromatic rings. The number of anilines is 1. The summed E-state index contributed by atoms with van der Waals surface area (Å²) in [5.41, 5.74) is 5.73. The minimum absolute atomic E-state index is 0.0676. The number of hydrogen-bond acceptors (Lipinski definition) is 4. The average Bonchev–Trinajstić information content (AvgIpc) is 2.78. The van der Waals surface area contributed by atoms with Crippen LogP contribution in [0.25, 0.3) is 0 Å². The van der Waals surface area contributed by atoms with Crippen LogP contribution in [-0.2, 0) is 10.0 Å². The van der Waals surface area contributed by atoms with Gasteiger partial charge < -0.3 is 10.6 Å². The minimum Gasteiger partial charge on any atom is -0.398 e. The van der Waals surface area contributed by atoms with E-state index in [1.165, 1.54) is 17.4 Å². The van der Waals surface area contributed by atoms with Gasteiger partial charge in [-0.3, -0.25) is 0 Å². The molecule has 0 aromatic heterocycles. The number of likely N-dealkylation sites (tertiary alicyclic amines) is 1. The van der Waals surface area contributed by atoms with Crippen molar-refractivity contribution in [2.45, 2.75) is 23.8 Å². The Balaban J connectivity index is 2.23. The van der Waals surface area contributed by atoms with Crippen LogP contribution in [0.5, 0.6) is 0 Å². The van der Waals surface area contributed by atoms with Crippen molar-refractivity contribution < 1.29 is 12.8 Å². The fourth-order valence-electron chi connectivity index (χ4n) is 2.50. The maximum absolute atomic E-state index is 13.3. The molecule has 5 nitrogen and oxygen atoms in total. The number of hydrogen-bond donors (Lipinski definition) is 1. The van der Waals surface area contributed by atoms with Gasteiger partial charge in [-0.15, -0.1) is 0 Å².